The number of carbonyl (C=O) groups excluding carboxylic acids is 1. The van der Waals surface area contributed by atoms with E-state index in [9.17, 15) is 4.79 Å². The topological polar surface area (TPSA) is 41.6 Å². The summed E-state index contributed by atoms with van der Waals surface area (Å²) in [6.07, 6.45) is 4.57. The molecule has 1 saturated carbocycles. The van der Waals surface area contributed by atoms with Gasteiger partial charge in [-0.2, -0.15) is 0 Å². The second kappa shape index (κ2) is 6.48. The van der Waals surface area contributed by atoms with Crippen molar-refractivity contribution in [3.63, 3.8) is 0 Å². The fourth-order valence-electron chi connectivity index (χ4n) is 3.24. The Balaban J connectivity index is 1.40. The maximum absolute atomic E-state index is 12.0. The number of rotatable bonds is 5. The third-order valence-corrected chi connectivity index (χ3v) is 4.73. The van der Waals surface area contributed by atoms with E-state index in [-0.39, 0.29) is 5.91 Å². The van der Waals surface area contributed by atoms with Crippen LogP contribution in [-0.4, -0.2) is 43.6 Å². The average Bonchev–Trinajstić information content (AvgIpc) is 3.00. The Morgan fingerprint density at radius 2 is 1.90 bits per heavy atom. The van der Waals surface area contributed by atoms with Crippen LogP contribution in [0.25, 0.3) is 0 Å². The van der Waals surface area contributed by atoms with Crippen molar-refractivity contribution in [2.75, 3.05) is 26.7 Å². The number of amides is 1. The largest absolute Gasteiger partial charge is 0.497 e. The lowest BCUT2D eigenvalue weighted by molar-refractivity contribution is -0.129. The van der Waals surface area contributed by atoms with Gasteiger partial charge >= 0.3 is 0 Å². The summed E-state index contributed by atoms with van der Waals surface area (Å²) in [5.41, 5.74) is 1.37. The third-order valence-electron chi connectivity index (χ3n) is 4.73. The first-order valence-corrected chi connectivity index (χ1v) is 7.91. The summed E-state index contributed by atoms with van der Waals surface area (Å²) in [6.45, 7) is 2.39. The molecule has 4 heteroatoms. The van der Waals surface area contributed by atoms with Crippen molar-refractivity contribution < 1.29 is 9.53 Å². The van der Waals surface area contributed by atoms with Gasteiger partial charge in [-0.25, -0.2) is 0 Å². The zero-order valence-corrected chi connectivity index (χ0v) is 12.7. The molecule has 1 aromatic rings. The molecule has 1 aliphatic carbocycles. The van der Waals surface area contributed by atoms with E-state index in [1.54, 1.807) is 7.11 Å². The van der Waals surface area contributed by atoms with Gasteiger partial charge in [-0.05, 0) is 49.3 Å². The molecule has 1 aromatic carbocycles. The monoisotopic (exact) mass is 288 g/mol. The summed E-state index contributed by atoms with van der Waals surface area (Å²) in [5, 5.41) is 3.40. The van der Waals surface area contributed by atoms with Gasteiger partial charge < -0.3 is 15.0 Å². The molecule has 0 bridgehead atoms. The Hall–Kier alpha value is -1.55. The second-order valence-corrected chi connectivity index (χ2v) is 6.11. The Morgan fingerprint density at radius 3 is 2.52 bits per heavy atom. The van der Waals surface area contributed by atoms with Crippen LogP contribution in [0.4, 0.5) is 0 Å². The number of hydrogen-bond donors (Lipinski definition) is 1. The molecule has 0 unspecified atom stereocenters. The molecule has 114 valence electrons. The summed E-state index contributed by atoms with van der Waals surface area (Å²) in [6, 6.07) is 8.83. The van der Waals surface area contributed by atoms with Gasteiger partial charge in [-0.3, -0.25) is 4.79 Å². The van der Waals surface area contributed by atoms with Gasteiger partial charge in [0.15, 0.2) is 0 Å². The predicted octanol–water partition coefficient (Wildman–Crippen LogP) is 2.15. The Bertz CT molecular complexity index is 474. The minimum Gasteiger partial charge on any atom is -0.497 e. The number of benzene rings is 1. The van der Waals surface area contributed by atoms with Crippen molar-refractivity contribution >= 4 is 5.91 Å². The van der Waals surface area contributed by atoms with Crippen LogP contribution < -0.4 is 10.1 Å². The lowest BCUT2D eigenvalue weighted by Gasteiger charge is -2.36. The van der Waals surface area contributed by atoms with Gasteiger partial charge in [0.25, 0.3) is 0 Å². The van der Waals surface area contributed by atoms with Crippen molar-refractivity contribution in [1.29, 1.82) is 0 Å². The van der Waals surface area contributed by atoms with Gasteiger partial charge in [0.05, 0.1) is 13.7 Å². The van der Waals surface area contributed by atoms with Crippen LogP contribution in [-0.2, 0) is 4.79 Å². The minimum atomic E-state index is 0.264. The van der Waals surface area contributed by atoms with Crippen molar-refractivity contribution in [3.8, 4) is 5.75 Å². The van der Waals surface area contributed by atoms with Crippen LogP contribution >= 0.6 is 0 Å². The highest BCUT2D eigenvalue weighted by Gasteiger charge is 2.30. The van der Waals surface area contributed by atoms with Crippen LogP contribution in [0.3, 0.4) is 0 Å². The van der Waals surface area contributed by atoms with Gasteiger partial charge in [-0.15, -0.1) is 0 Å². The third kappa shape index (κ3) is 3.38. The average molecular weight is 288 g/mol. The van der Waals surface area contributed by atoms with Crippen molar-refractivity contribution in [2.45, 2.75) is 37.6 Å². The molecule has 0 radical (unpaired) electrons. The van der Waals surface area contributed by atoms with Gasteiger partial charge in [0, 0.05) is 19.1 Å². The number of methoxy groups -OCH3 is 1. The van der Waals surface area contributed by atoms with Crippen LogP contribution in [0.5, 0.6) is 5.75 Å². The summed E-state index contributed by atoms with van der Waals surface area (Å²) in [4.78, 5) is 13.9. The number of ether oxygens (including phenoxy) is 1. The van der Waals surface area contributed by atoms with E-state index >= 15 is 0 Å². The zero-order chi connectivity index (χ0) is 14.7. The first-order chi connectivity index (χ1) is 10.3. The molecule has 0 aromatic heterocycles. The van der Waals surface area contributed by atoms with Crippen molar-refractivity contribution in [3.05, 3.63) is 29.8 Å². The number of nitrogens with zero attached hydrogens (tertiary/aromatic N) is 1. The molecular formula is C17H24N2O2. The Morgan fingerprint density at radius 1 is 1.24 bits per heavy atom. The maximum atomic E-state index is 12.0. The smallest absolute Gasteiger partial charge is 0.236 e. The molecule has 1 saturated heterocycles. The predicted molar refractivity (Wildman–Crippen MR) is 82.6 cm³/mol. The van der Waals surface area contributed by atoms with E-state index in [1.807, 2.05) is 17.0 Å². The molecule has 21 heavy (non-hydrogen) atoms. The van der Waals surface area contributed by atoms with E-state index in [1.165, 1.54) is 5.56 Å². The fourth-order valence-corrected chi connectivity index (χ4v) is 3.24. The molecule has 0 spiro atoms. The highest BCUT2D eigenvalue weighted by atomic mass is 16.5. The normalized spacial score (nSPS) is 24.7. The van der Waals surface area contributed by atoms with Crippen molar-refractivity contribution in [1.82, 2.24) is 10.2 Å². The maximum Gasteiger partial charge on any atom is 0.236 e. The SMILES string of the molecule is COc1ccc(C2CC(NCC(=O)N3CCCC3)C2)cc1. The van der Waals surface area contributed by atoms with Gasteiger partial charge in [0.1, 0.15) is 5.75 Å². The van der Waals surface area contributed by atoms with E-state index in [0.717, 1.165) is 44.5 Å². The molecular weight excluding hydrogens is 264 g/mol. The standard InChI is InChI=1S/C17H24N2O2/c1-21-16-6-4-13(5-7-16)14-10-15(11-14)18-12-17(20)19-8-2-3-9-19/h4-7,14-15,18H,2-3,8-12H2,1H3. The first-order valence-electron chi connectivity index (χ1n) is 7.91. The first kappa shape index (κ1) is 14.4. The Labute approximate surface area is 126 Å². The summed E-state index contributed by atoms with van der Waals surface area (Å²) in [5.74, 6) is 1.79. The highest BCUT2D eigenvalue weighted by Crippen LogP contribution is 2.37. The number of nitrogens with one attached hydrogen (secondary N) is 1. The molecule has 2 aliphatic rings. The summed E-state index contributed by atoms with van der Waals surface area (Å²) in [7, 11) is 1.69. The fraction of sp³-hybridized carbons (Fsp3) is 0.588. The number of hydrogen-bond acceptors (Lipinski definition) is 3. The zero-order valence-electron chi connectivity index (χ0n) is 12.7. The van der Waals surface area contributed by atoms with E-state index in [2.05, 4.69) is 17.4 Å². The minimum absolute atomic E-state index is 0.264. The number of carbonyl (C=O) groups is 1. The molecule has 0 atom stereocenters. The van der Waals surface area contributed by atoms with E-state index < -0.39 is 0 Å². The second-order valence-electron chi connectivity index (χ2n) is 6.11. The lowest BCUT2D eigenvalue weighted by Crippen LogP contribution is -2.45. The van der Waals surface area contributed by atoms with E-state index in [0.29, 0.717) is 18.5 Å². The lowest BCUT2D eigenvalue weighted by atomic mass is 9.76. The van der Waals surface area contributed by atoms with Gasteiger partial charge in [-0.1, -0.05) is 12.1 Å². The summed E-state index contributed by atoms with van der Waals surface area (Å²) >= 11 is 0. The van der Waals surface area contributed by atoms with Crippen LogP contribution in [0.1, 0.15) is 37.2 Å². The van der Waals surface area contributed by atoms with Crippen LogP contribution in [0.15, 0.2) is 24.3 Å². The number of likely N-dealkylation sites (tertiary alicyclic amines) is 1. The van der Waals surface area contributed by atoms with E-state index in [4.69, 9.17) is 4.74 Å². The molecule has 1 N–H and O–H groups in total. The Kier molecular flexibility index (Phi) is 4.44. The molecule has 3 rings (SSSR count). The molecule has 2 fully saturated rings. The van der Waals surface area contributed by atoms with Crippen molar-refractivity contribution in [2.24, 2.45) is 0 Å². The molecule has 1 heterocycles. The van der Waals surface area contributed by atoms with Gasteiger partial charge in [0.2, 0.25) is 5.91 Å². The molecule has 1 amide bonds. The van der Waals surface area contributed by atoms with Crippen LogP contribution in [0.2, 0.25) is 0 Å². The highest BCUT2D eigenvalue weighted by molar-refractivity contribution is 5.78. The van der Waals surface area contributed by atoms with Crippen LogP contribution in [0, 0.1) is 0 Å². The quantitative estimate of drug-likeness (QED) is 0.902. The molecule has 4 nitrogen and oxygen atoms in total. The summed E-state index contributed by atoms with van der Waals surface area (Å²) < 4.78 is 5.18. The molecule has 1 aliphatic heterocycles.